The number of rotatable bonds is 3. The molecule has 0 spiro atoms. The third-order valence-corrected chi connectivity index (χ3v) is 5.45. The number of para-hydroxylation sites is 2. The first kappa shape index (κ1) is 18.4. The highest BCUT2D eigenvalue weighted by Gasteiger charge is 2.18. The average Bonchev–Trinajstić information content (AvgIpc) is 2.97. The van der Waals surface area contributed by atoms with E-state index in [1.54, 1.807) is 6.07 Å². The van der Waals surface area contributed by atoms with E-state index >= 15 is 0 Å². The number of carbonyl (C=O) groups excluding carboxylic acids is 1. The molecular formula is C24H21FN4O. The highest BCUT2D eigenvalue weighted by Crippen LogP contribution is 2.25. The van der Waals surface area contributed by atoms with Gasteiger partial charge in [-0.15, -0.1) is 0 Å². The standard InChI is InChI=1S/C24H21FN4O/c25-18-6-3-5-17(15-18)24(30)26-19-9-11-20(12-10-19)28-13-4-14-29-22-8-2-1-7-21(22)27-23(29)16-28/h1-3,5-12,15H,4,13-14,16H2,(H,26,30). The van der Waals surface area contributed by atoms with Gasteiger partial charge in [-0.1, -0.05) is 18.2 Å². The second-order valence-corrected chi connectivity index (χ2v) is 7.45. The van der Waals surface area contributed by atoms with Crippen molar-refractivity contribution in [2.45, 2.75) is 19.5 Å². The van der Waals surface area contributed by atoms with Gasteiger partial charge in [-0.25, -0.2) is 9.37 Å². The van der Waals surface area contributed by atoms with Crippen LogP contribution in [0.4, 0.5) is 15.8 Å². The molecule has 30 heavy (non-hydrogen) atoms. The van der Waals surface area contributed by atoms with Crippen LogP contribution in [0.5, 0.6) is 0 Å². The zero-order valence-corrected chi connectivity index (χ0v) is 16.4. The molecule has 3 aromatic carbocycles. The molecule has 0 saturated carbocycles. The zero-order chi connectivity index (χ0) is 20.5. The maximum absolute atomic E-state index is 13.3. The van der Waals surface area contributed by atoms with E-state index in [4.69, 9.17) is 4.98 Å². The number of fused-ring (bicyclic) bond motifs is 3. The summed E-state index contributed by atoms with van der Waals surface area (Å²) in [5.41, 5.74) is 4.27. The Kier molecular flexibility index (Phi) is 4.67. The third-order valence-electron chi connectivity index (χ3n) is 5.45. The van der Waals surface area contributed by atoms with Crippen LogP contribution in [-0.4, -0.2) is 22.0 Å². The van der Waals surface area contributed by atoms with Crippen molar-refractivity contribution in [1.29, 1.82) is 0 Å². The third kappa shape index (κ3) is 3.52. The number of nitrogens with one attached hydrogen (secondary N) is 1. The van der Waals surface area contributed by atoms with E-state index in [2.05, 4.69) is 33.0 Å². The fourth-order valence-electron chi connectivity index (χ4n) is 3.97. The second kappa shape index (κ2) is 7.63. The number of amides is 1. The first-order valence-electron chi connectivity index (χ1n) is 10.0. The number of halogens is 1. The summed E-state index contributed by atoms with van der Waals surface area (Å²) in [6, 6.07) is 21.7. The largest absolute Gasteiger partial charge is 0.364 e. The minimum atomic E-state index is -0.426. The summed E-state index contributed by atoms with van der Waals surface area (Å²) in [5, 5.41) is 2.82. The lowest BCUT2D eigenvalue weighted by Gasteiger charge is -2.22. The predicted molar refractivity (Wildman–Crippen MR) is 116 cm³/mol. The average molecular weight is 400 g/mol. The van der Waals surface area contributed by atoms with E-state index in [-0.39, 0.29) is 5.91 Å². The molecule has 0 saturated heterocycles. The van der Waals surface area contributed by atoms with E-state index in [1.165, 1.54) is 23.7 Å². The summed E-state index contributed by atoms with van der Waals surface area (Å²) in [6.45, 7) is 2.63. The Morgan fingerprint density at radius 1 is 0.967 bits per heavy atom. The van der Waals surface area contributed by atoms with Gasteiger partial charge in [0.05, 0.1) is 17.6 Å². The summed E-state index contributed by atoms with van der Waals surface area (Å²) in [6.07, 6.45) is 1.03. The topological polar surface area (TPSA) is 50.2 Å². The summed E-state index contributed by atoms with van der Waals surface area (Å²) in [4.78, 5) is 19.5. The maximum atomic E-state index is 13.3. The van der Waals surface area contributed by atoms with E-state index in [9.17, 15) is 9.18 Å². The van der Waals surface area contributed by atoms with Crippen LogP contribution < -0.4 is 10.2 Å². The normalized spacial score (nSPS) is 13.7. The minimum Gasteiger partial charge on any atom is -0.364 e. The minimum absolute atomic E-state index is 0.297. The van der Waals surface area contributed by atoms with Crippen molar-refractivity contribution in [3.05, 3.63) is 90.0 Å². The van der Waals surface area contributed by atoms with Crippen LogP contribution in [0.2, 0.25) is 0 Å². The number of anilines is 2. The lowest BCUT2D eigenvalue weighted by Crippen LogP contribution is -2.23. The first-order valence-corrected chi connectivity index (χ1v) is 10.0. The van der Waals surface area contributed by atoms with Gasteiger partial charge >= 0.3 is 0 Å². The summed E-state index contributed by atoms with van der Waals surface area (Å²) in [7, 11) is 0. The number of aromatic nitrogens is 2. The monoisotopic (exact) mass is 400 g/mol. The molecule has 4 aromatic rings. The molecule has 5 rings (SSSR count). The Morgan fingerprint density at radius 2 is 1.80 bits per heavy atom. The van der Waals surface area contributed by atoms with Crippen molar-refractivity contribution < 1.29 is 9.18 Å². The lowest BCUT2D eigenvalue weighted by molar-refractivity contribution is 0.102. The molecule has 0 radical (unpaired) electrons. The van der Waals surface area contributed by atoms with Crippen molar-refractivity contribution in [2.24, 2.45) is 0 Å². The molecule has 0 atom stereocenters. The van der Waals surface area contributed by atoms with Gasteiger partial charge in [-0.05, 0) is 61.0 Å². The van der Waals surface area contributed by atoms with Crippen molar-refractivity contribution in [2.75, 3.05) is 16.8 Å². The van der Waals surface area contributed by atoms with Gasteiger partial charge in [-0.3, -0.25) is 4.79 Å². The molecule has 2 heterocycles. The van der Waals surface area contributed by atoms with Crippen molar-refractivity contribution in [3.8, 4) is 0 Å². The molecular weight excluding hydrogens is 379 g/mol. The fraction of sp³-hybridized carbons (Fsp3) is 0.167. The molecule has 5 nitrogen and oxygen atoms in total. The van der Waals surface area contributed by atoms with Gasteiger partial charge in [0.2, 0.25) is 0 Å². The highest BCUT2D eigenvalue weighted by molar-refractivity contribution is 6.04. The first-order chi connectivity index (χ1) is 14.7. The number of nitrogens with zero attached hydrogens (tertiary/aromatic N) is 3. The van der Waals surface area contributed by atoms with E-state index in [0.29, 0.717) is 11.3 Å². The number of hydrogen-bond donors (Lipinski definition) is 1. The molecule has 1 aliphatic rings. The molecule has 0 unspecified atom stereocenters. The summed E-state index contributed by atoms with van der Waals surface area (Å²) >= 11 is 0. The Labute approximate surface area is 173 Å². The van der Waals surface area contributed by atoms with E-state index < -0.39 is 5.82 Å². The number of carbonyl (C=O) groups is 1. The molecule has 150 valence electrons. The Morgan fingerprint density at radius 3 is 2.63 bits per heavy atom. The second-order valence-electron chi connectivity index (χ2n) is 7.45. The van der Waals surface area contributed by atoms with Gasteiger partial charge in [0.1, 0.15) is 11.6 Å². The molecule has 6 heteroatoms. The van der Waals surface area contributed by atoms with Gasteiger partial charge in [0, 0.05) is 30.0 Å². The molecule has 0 aliphatic carbocycles. The number of benzene rings is 3. The van der Waals surface area contributed by atoms with Crippen molar-refractivity contribution in [1.82, 2.24) is 9.55 Å². The number of hydrogen-bond acceptors (Lipinski definition) is 3. The molecule has 1 amide bonds. The van der Waals surface area contributed by atoms with E-state index in [1.807, 2.05) is 30.3 Å². The molecule has 1 aromatic heterocycles. The van der Waals surface area contributed by atoms with Gasteiger partial charge in [0.15, 0.2) is 0 Å². The Bertz CT molecular complexity index is 1220. The summed E-state index contributed by atoms with van der Waals surface area (Å²) in [5.74, 6) is 0.313. The fourth-order valence-corrected chi connectivity index (χ4v) is 3.97. The van der Waals surface area contributed by atoms with E-state index in [0.717, 1.165) is 43.1 Å². The summed E-state index contributed by atoms with van der Waals surface area (Å²) < 4.78 is 15.6. The number of aryl methyl sites for hydroxylation is 1. The van der Waals surface area contributed by atoms with Crippen LogP contribution >= 0.6 is 0 Å². The van der Waals surface area contributed by atoms with Crippen LogP contribution in [0.1, 0.15) is 22.6 Å². The quantitative estimate of drug-likeness (QED) is 0.535. The predicted octanol–water partition coefficient (Wildman–Crippen LogP) is 4.84. The Balaban J connectivity index is 1.33. The van der Waals surface area contributed by atoms with Gasteiger partial charge in [0.25, 0.3) is 5.91 Å². The van der Waals surface area contributed by atoms with Gasteiger partial charge < -0.3 is 14.8 Å². The van der Waals surface area contributed by atoms with Crippen LogP contribution in [0.15, 0.2) is 72.8 Å². The Hall–Kier alpha value is -3.67. The number of imidazole rings is 1. The zero-order valence-electron chi connectivity index (χ0n) is 16.4. The molecule has 0 fully saturated rings. The van der Waals surface area contributed by atoms with Crippen LogP contribution in [0.3, 0.4) is 0 Å². The molecule has 1 N–H and O–H groups in total. The molecule has 1 aliphatic heterocycles. The van der Waals surface area contributed by atoms with Crippen molar-refractivity contribution >= 4 is 28.3 Å². The highest BCUT2D eigenvalue weighted by atomic mass is 19.1. The smallest absolute Gasteiger partial charge is 0.255 e. The van der Waals surface area contributed by atoms with Crippen LogP contribution in [0, 0.1) is 5.82 Å². The molecule has 0 bridgehead atoms. The van der Waals surface area contributed by atoms with Crippen LogP contribution in [0.25, 0.3) is 11.0 Å². The van der Waals surface area contributed by atoms with Crippen molar-refractivity contribution in [3.63, 3.8) is 0 Å². The SMILES string of the molecule is O=C(Nc1ccc(N2CCCn3c(nc4ccccc43)C2)cc1)c1cccc(F)c1. The van der Waals surface area contributed by atoms with Crippen LogP contribution in [-0.2, 0) is 13.1 Å². The van der Waals surface area contributed by atoms with Gasteiger partial charge in [-0.2, -0.15) is 0 Å². The lowest BCUT2D eigenvalue weighted by atomic mass is 10.2. The maximum Gasteiger partial charge on any atom is 0.255 e.